The number of halogens is 2. The number of carbonyl (C=O) groups excluding carboxylic acids is 1. The van der Waals surface area contributed by atoms with Crippen molar-refractivity contribution >= 4 is 53.5 Å². The van der Waals surface area contributed by atoms with E-state index in [1.165, 1.54) is 12.1 Å². The van der Waals surface area contributed by atoms with Crippen LogP contribution in [0.1, 0.15) is 12.0 Å². The molecule has 0 aliphatic heterocycles. The van der Waals surface area contributed by atoms with E-state index in [1.807, 2.05) is 19.1 Å². The molecule has 2 rings (SSSR count). The van der Waals surface area contributed by atoms with Crippen LogP contribution in [0.15, 0.2) is 56.3 Å². The van der Waals surface area contributed by atoms with E-state index in [0.29, 0.717) is 5.69 Å². The number of carbonyl (C=O) groups is 1. The number of amides is 1. The Kier molecular flexibility index (Phi) is 6.56. The van der Waals surface area contributed by atoms with E-state index < -0.39 is 10.0 Å². The summed E-state index contributed by atoms with van der Waals surface area (Å²) < 4.78 is 28.4. The molecule has 128 valence electrons. The van der Waals surface area contributed by atoms with Gasteiger partial charge in [-0.2, -0.15) is 0 Å². The van der Waals surface area contributed by atoms with E-state index in [1.54, 1.807) is 18.2 Å². The molecule has 2 N–H and O–H groups in total. The van der Waals surface area contributed by atoms with Crippen molar-refractivity contribution in [2.24, 2.45) is 0 Å². The summed E-state index contributed by atoms with van der Waals surface area (Å²) in [6, 6.07) is 11.8. The van der Waals surface area contributed by atoms with Crippen LogP contribution in [-0.4, -0.2) is 20.9 Å². The van der Waals surface area contributed by atoms with Crippen LogP contribution in [0.5, 0.6) is 0 Å². The molecule has 2 aromatic carbocycles. The van der Waals surface area contributed by atoms with Gasteiger partial charge in [0.05, 0.1) is 4.90 Å². The molecule has 0 fully saturated rings. The highest BCUT2D eigenvalue weighted by molar-refractivity contribution is 9.10. The van der Waals surface area contributed by atoms with Crippen molar-refractivity contribution < 1.29 is 13.2 Å². The largest absolute Gasteiger partial charge is 0.326 e. The van der Waals surface area contributed by atoms with E-state index in [4.69, 9.17) is 0 Å². The summed E-state index contributed by atoms with van der Waals surface area (Å²) in [7, 11) is -3.61. The van der Waals surface area contributed by atoms with Crippen LogP contribution >= 0.6 is 31.9 Å². The van der Waals surface area contributed by atoms with Gasteiger partial charge < -0.3 is 5.32 Å². The highest BCUT2D eigenvalue weighted by Crippen LogP contribution is 2.20. The fourth-order valence-electron chi connectivity index (χ4n) is 1.94. The van der Waals surface area contributed by atoms with Crippen molar-refractivity contribution in [1.29, 1.82) is 0 Å². The van der Waals surface area contributed by atoms with Gasteiger partial charge in [0.2, 0.25) is 15.9 Å². The van der Waals surface area contributed by atoms with Crippen LogP contribution in [0.25, 0.3) is 0 Å². The lowest BCUT2D eigenvalue weighted by Crippen LogP contribution is -2.27. The second-order valence-electron chi connectivity index (χ2n) is 5.11. The van der Waals surface area contributed by atoms with Gasteiger partial charge in [-0.15, -0.1) is 0 Å². The molecule has 2 aromatic rings. The van der Waals surface area contributed by atoms with E-state index in [0.717, 1.165) is 14.5 Å². The standard InChI is InChI=1S/C16H16Br2N2O3S/c1-11-10-13(4-7-15(11)18)20-16(21)8-9-19-24(22,23)14-5-2-12(17)3-6-14/h2-7,10,19H,8-9H2,1H3,(H,20,21). The number of benzene rings is 2. The molecular formula is C16H16Br2N2O3S. The minimum Gasteiger partial charge on any atom is -0.326 e. The average Bonchev–Trinajstić information content (AvgIpc) is 2.51. The van der Waals surface area contributed by atoms with Crippen molar-refractivity contribution in [3.8, 4) is 0 Å². The fourth-order valence-corrected chi connectivity index (χ4v) is 3.48. The Hall–Kier alpha value is -1.22. The SMILES string of the molecule is Cc1cc(NC(=O)CCNS(=O)(=O)c2ccc(Br)cc2)ccc1Br. The number of hydrogen-bond donors (Lipinski definition) is 2. The molecule has 1 amide bonds. The summed E-state index contributed by atoms with van der Waals surface area (Å²) in [5.74, 6) is -0.254. The maximum atomic E-state index is 12.1. The third-order valence-corrected chi connectivity index (χ3v) is 6.11. The number of sulfonamides is 1. The lowest BCUT2D eigenvalue weighted by atomic mass is 10.2. The minimum absolute atomic E-state index is 0.0275. The van der Waals surface area contributed by atoms with Crippen molar-refractivity contribution in [2.45, 2.75) is 18.2 Å². The molecule has 0 spiro atoms. The van der Waals surface area contributed by atoms with Gasteiger partial charge in [0.25, 0.3) is 0 Å². The Morgan fingerprint density at radius 2 is 1.75 bits per heavy atom. The molecule has 0 aliphatic rings. The monoisotopic (exact) mass is 474 g/mol. The lowest BCUT2D eigenvalue weighted by Gasteiger charge is -2.09. The Labute approximate surface area is 158 Å². The van der Waals surface area contributed by atoms with Crippen molar-refractivity contribution in [3.63, 3.8) is 0 Å². The smallest absolute Gasteiger partial charge is 0.240 e. The van der Waals surface area contributed by atoms with Crippen molar-refractivity contribution in [2.75, 3.05) is 11.9 Å². The predicted molar refractivity (Wildman–Crippen MR) is 101 cm³/mol. The van der Waals surface area contributed by atoms with E-state index in [9.17, 15) is 13.2 Å². The molecule has 0 unspecified atom stereocenters. The van der Waals surface area contributed by atoms with Crippen LogP contribution in [0.3, 0.4) is 0 Å². The Morgan fingerprint density at radius 1 is 1.08 bits per heavy atom. The topological polar surface area (TPSA) is 75.3 Å². The van der Waals surface area contributed by atoms with Gasteiger partial charge in [-0.25, -0.2) is 13.1 Å². The quantitative estimate of drug-likeness (QED) is 0.666. The molecule has 24 heavy (non-hydrogen) atoms. The molecule has 0 radical (unpaired) electrons. The Bertz CT molecular complexity index is 837. The first-order chi connectivity index (χ1) is 11.3. The van der Waals surface area contributed by atoms with Gasteiger partial charge in [-0.3, -0.25) is 4.79 Å². The zero-order chi connectivity index (χ0) is 17.7. The summed E-state index contributed by atoms with van der Waals surface area (Å²) >= 11 is 6.65. The third kappa shape index (κ3) is 5.41. The average molecular weight is 476 g/mol. The molecular weight excluding hydrogens is 460 g/mol. The Balaban J connectivity index is 1.87. The first-order valence-electron chi connectivity index (χ1n) is 7.09. The van der Waals surface area contributed by atoms with Gasteiger partial charge in [0.15, 0.2) is 0 Å². The van der Waals surface area contributed by atoms with E-state index in [-0.39, 0.29) is 23.8 Å². The van der Waals surface area contributed by atoms with Crippen molar-refractivity contribution in [1.82, 2.24) is 4.72 Å². The van der Waals surface area contributed by atoms with Crippen molar-refractivity contribution in [3.05, 3.63) is 57.0 Å². The molecule has 0 heterocycles. The highest BCUT2D eigenvalue weighted by Gasteiger charge is 2.14. The lowest BCUT2D eigenvalue weighted by molar-refractivity contribution is -0.116. The fraction of sp³-hybridized carbons (Fsp3) is 0.188. The second kappa shape index (κ2) is 8.24. The third-order valence-electron chi connectivity index (χ3n) is 3.21. The first kappa shape index (κ1) is 19.1. The minimum atomic E-state index is -3.61. The first-order valence-corrected chi connectivity index (χ1v) is 10.2. The molecule has 0 saturated carbocycles. The summed E-state index contributed by atoms with van der Waals surface area (Å²) in [4.78, 5) is 12.1. The second-order valence-corrected chi connectivity index (χ2v) is 8.65. The highest BCUT2D eigenvalue weighted by atomic mass is 79.9. The van der Waals surface area contributed by atoms with Gasteiger partial charge in [-0.1, -0.05) is 31.9 Å². The maximum Gasteiger partial charge on any atom is 0.240 e. The normalized spacial score (nSPS) is 11.3. The summed E-state index contributed by atoms with van der Waals surface area (Å²) in [6.45, 7) is 1.95. The van der Waals surface area contributed by atoms with Crippen LogP contribution in [-0.2, 0) is 14.8 Å². The van der Waals surface area contributed by atoms with Gasteiger partial charge in [0.1, 0.15) is 0 Å². The van der Waals surface area contributed by atoms with Crippen LogP contribution in [0.4, 0.5) is 5.69 Å². The zero-order valence-corrected chi connectivity index (χ0v) is 16.8. The molecule has 0 bridgehead atoms. The van der Waals surface area contributed by atoms with Gasteiger partial charge >= 0.3 is 0 Å². The van der Waals surface area contributed by atoms with E-state index >= 15 is 0 Å². The zero-order valence-electron chi connectivity index (χ0n) is 12.8. The number of rotatable bonds is 6. The molecule has 0 atom stereocenters. The number of hydrogen-bond acceptors (Lipinski definition) is 3. The predicted octanol–water partition coefficient (Wildman–Crippen LogP) is 3.83. The molecule has 5 nitrogen and oxygen atoms in total. The van der Waals surface area contributed by atoms with Crippen LogP contribution in [0, 0.1) is 6.92 Å². The van der Waals surface area contributed by atoms with Gasteiger partial charge in [-0.05, 0) is 55.0 Å². The molecule has 0 saturated heterocycles. The van der Waals surface area contributed by atoms with E-state index in [2.05, 4.69) is 41.9 Å². The van der Waals surface area contributed by atoms with Crippen LogP contribution < -0.4 is 10.0 Å². The van der Waals surface area contributed by atoms with Crippen LogP contribution in [0.2, 0.25) is 0 Å². The number of anilines is 1. The summed E-state index contributed by atoms with van der Waals surface area (Å²) in [5.41, 5.74) is 1.68. The molecule has 0 aromatic heterocycles. The number of aryl methyl sites for hydroxylation is 1. The summed E-state index contributed by atoms with van der Waals surface area (Å²) in [5, 5.41) is 2.74. The maximum absolute atomic E-state index is 12.1. The number of nitrogens with one attached hydrogen (secondary N) is 2. The molecule has 0 aliphatic carbocycles. The van der Waals surface area contributed by atoms with Gasteiger partial charge in [0, 0.05) is 27.6 Å². The Morgan fingerprint density at radius 3 is 2.38 bits per heavy atom. The summed E-state index contributed by atoms with van der Waals surface area (Å²) in [6.07, 6.45) is 0.0465. The molecule has 8 heteroatoms.